The molecule has 33 heavy (non-hydrogen) atoms. The maximum atomic E-state index is 13.0. The van der Waals surface area contributed by atoms with Gasteiger partial charge in [0.2, 0.25) is 0 Å². The number of hydrogen-bond donors (Lipinski definition) is 0. The van der Waals surface area contributed by atoms with E-state index in [-0.39, 0.29) is 17.4 Å². The van der Waals surface area contributed by atoms with Crippen molar-refractivity contribution >= 4 is 17.3 Å². The Bertz CT molecular complexity index is 1180. The van der Waals surface area contributed by atoms with Crippen LogP contribution in [0.25, 0.3) is 5.82 Å². The summed E-state index contributed by atoms with van der Waals surface area (Å²) in [7, 11) is 0. The van der Waals surface area contributed by atoms with Crippen LogP contribution in [0, 0.1) is 17.0 Å². The first kappa shape index (κ1) is 22.2. The smallest absolute Gasteiger partial charge is 0.362 e. The number of amides is 1. The van der Waals surface area contributed by atoms with Crippen LogP contribution in [-0.4, -0.2) is 56.7 Å². The average Bonchev–Trinajstić information content (AvgIpc) is 3.19. The monoisotopic (exact) mass is 460 g/mol. The molecule has 0 atom stereocenters. The van der Waals surface area contributed by atoms with Crippen LogP contribution in [0.2, 0.25) is 0 Å². The number of rotatable bonds is 4. The molecule has 172 valence electrons. The Hall–Kier alpha value is -3.96. The summed E-state index contributed by atoms with van der Waals surface area (Å²) in [5, 5.41) is 15.4. The quantitative estimate of drug-likeness (QED) is 0.437. The number of pyridine rings is 1. The van der Waals surface area contributed by atoms with Gasteiger partial charge in [0.05, 0.1) is 27.9 Å². The maximum Gasteiger partial charge on any atom is 0.417 e. The Morgan fingerprint density at radius 3 is 2.36 bits per heavy atom. The van der Waals surface area contributed by atoms with Crippen molar-refractivity contribution in [3.63, 3.8) is 0 Å². The first-order valence-electron chi connectivity index (χ1n) is 10.0. The number of piperazine rings is 1. The SMILES string of the molecule is Cc1c(C(=O)N2CCN(c3ccccc3[N+](=O)[O-])CC2)cnn1-c1ccc(C(F)(F)F)cn1. The largest absolute Gasteiger partial charge is 0.417 e. The summed E-state index contributed by atoms with van der Waals surface area (Å²) in [6.07, 6.45) is -2.40. The van der Waals surface area contributed by atoms with Gasteiger partial charge < -0.3 is 9.80 Å². The second-order valence-corrected chi connectivity index (χ2v) is 7.48. The molecule has 9 nitrogen and oxygen atoms in total. The maximum absolute atomic E-state index is 13.0. The number of nitro benzene ring substituents is 1. The number of aromatic nitrogens is 3. The van der Waals surface area contributed by atoms with E-state index in [9.17, 15) is 28.1 Å². The van der Waals surface area contributed by atoms with Crippen LogP contribution in [0.5, 0.6) is 0 Å². The van der Waals surface area contributed by atoms with Crippen molar-refractivity contribution in [2.75, 3.05) is 31.1 Å². The highest BCUT2D eigenvalue weighted by Gasteiger charge is 2.31. The molecule has 1 fully saturated rings. The number of carbonyl (C=O) groups excluding carboxylic acids is 1. The van der Waals surface area contributed by atoms with Crippen molar-refractivity contribution in [3.8, 4) is 5.82 Å². The molecule has 0 radical (unpaired) electrons. The summed E-state index contributed by atoms with van der Waals surface area (Å²) in [5.41, 5.74) is 0.415. The highest BCUT2D eigenvalue weighted by Crippen LogP contribution is 2.30. The first-order chi connectivity index (χ1) is 15.7. The Morgan fingerprint density at radius 1 is 1.06 bits per heavy atom. The van der Waals surface area contributed by atoms with Gasteiger partial charge in [-0.05, 0) is 25.1 Å². The standard InChI is InChI=1S/C21H19F3N6O3/c1-14-16(13-26-29(14)19-7-6-15(12-25-19)21(22,23)24)20(31)28-10-8-27(9-11-28)17-4-2-3-5-18(17)30(32)33/h2-7,12-13H,8-11H2,1H3. The van der Waals surface area contributed by atoms with Gasteiger partial charge in [-0.15, -0.1) is 0 Å². The molecule has 1 aromatic carbocycles. The van der Waals surface area contributed by atoms with Crippen molar-refractivity contribution in [1.82, 2.24) is 19.7 Å². The predicted octanol–water partition coefficient (Wildman–Crippen LogP) is 3.47. The van der Waals surface area contributed by atoms with Gasteiger partial charge in [0.15, 0.2) is 5.82 Å². The first-order valence-corrected chi connectivity index (χ1v) is 10.0. The summed E-state index contributed by atoms with van der Waals surface area (Å²) in [4.78, 5) is 31.2. The third kappa shape index (κ3) is 4.36. The zero-order valence-electron chi connectivity index (χ0n) is 17.5. The minimum Gasteiger partial charge on any atom is -0.362 e. The number of halogens is 3. The van der Waals surface area contributed by atoms with E-state index in [1.807, 2.05) is 4.90 Å². The Balaban J connectivity index is 1.47. The molecule has 1 aliphatic heterocycles. The lowest BCUT2D eigenvalue weighted by molar-refractivity contribution is -0.384. The zero-order valence-corrected chi connectivity index (χ0v) is 17.5. The van der Waals surface area contributed by atoms with Gasteiger partial charge in [0, 0.05) is 38.4 Å². The molecule has 1 aliphatic rings. The number of anilines is 1. The van der Waals surface area contributed by atoms with Crippen LogP contribution in [0.1, 0.15) is 21.6 Å². The molecular weight excluding hydrogens is 441 g/mol. The van der Waals surface area contributed by atoms with Crippen molar-refractivity contribution in [1.29, 1.82) is 0 Å². The molecule has 0 spiro atoms. The molecular formula is C21H19F3N6O3. The Kier molecular flexibility index (Phi) is 5.75. The molecule has 3 aromatic rings. The molecule has 0 saturated carbocycles. The molecule has 3 heterocycles. The molecule has 2 aromatic heterocycles. The third-order valence-electron chi connectivity index (χ3n) is 5.52. The Morgan fingerprint density at radius 2 is 1.76 bits per heavy atom. The van der Waals surface area contributed by atoms with E-state index < -0.39 is 16.7 Å². The lowest BCUT2D eigenvalue weighted by atomic mass is 10.2. The van der Waals surface area contributed by atoms with E-state index in [0.29, 0.717) is 43.1 Å². The molecule has 0 unspecified atom stereocenters. The van der Waals surface area contributed by atoms with Crippen molar-refractivity contribution in [2.45, 2.75) is 13.1 Å². The van der Waals surface area contributed by atoms with Crippen LogP contribution in [0.4, 0.5) is 24.5 Å². The van der Waals surface area contributed by atoms with E-state index in [4.69, 9.17) is 0 Å². The Labute approximate surface area is 186 Å². The zero-order chi connectivity index (χ0) is 23.8. The normalized spacial score (nSPS) is 14.4. The van der Waals surface area contributed by atoms with Crippen molar-refractivity contribution in [3.05, 3.63) is 75.7 Å². The predicted molar refractivity (Wildman–Crippen MR) is 112 cm³/mol. The number of nitro groups is 1. The van der Waals surface area contributed by atoms with E-state index in [1.165, 1.54) is 23.0 Å². The van der Waals surface area contributed by atoms with Crippen LogP contribution < -0.4 is 4.90 Å². The van der Waals surface area contributed by atoms with Gasteiger partial charge in [0.25, 0.3) is 11.6 Å². The van der Waals surface area contributed by atoms with E-state index in [1.54, 1.807) is 30.0 Å². The van der Waals surface area contributed by atoms with Gasteiger partial charge in [-0.2, -0.15) is 18.3 Å². The summed E-state index contributed by atoms with van der Waals surface area (Å²) in [5.74, 6) is -0.103. The third-order valence-corrected chi connectivity index (χ3v) is 5.52. The molecule has 1 amide bonds. The van der Waals surface area contributed by atoms with Crippen molar-refractivity contribution in [2.24, 2.45) is 0 Å². The highest BCUT2D eigenvalue weighted by atomic mass is 19.4. The second-order valence-electron chi connectivity index (χ2n) is 7.48. The molecule has 1 saturated heterocycles. The average molecular weight is 460 g/mol. The van der Waals surface area contributed by atoms with E-state index >= 15 is 0 Å². The summed E-state index contributed by atoms with van der Waals surface area (Å²) < 4.78 is 39.6. The van der Waals surface area contributed by atoms with Gasteiger partial charge in [-0.1, -0.05) is 12.1 Å². The number of alkyl halides is 3. The fraction of sp³-hybridized carbons (Fsp3) is 0.286. The minimum atomic E-state index is -4.49. The summed E-state index contributed by atoms with van der Waals surface area (Å²) >= 11 is 0. The van der Waals surface area contributed by atoms with E-state index in [0.717, 1.165) is 12.3 Å². The van der Waals surface area contributed by atoms with Crippen molar-refractivity contribution < 1.29 is 22.9 Å². The van der Waals surface area contributed by atoms with Gasteiger partial charge in [-0.25, -0.2) is 9.67 Å². The van der Waals surface area contributed by atoms with Gasteiger partial charge in [0.1, 0.15) is 5.69 Å². The summed E-state index contributed by atoms with van der Waals surface area (Å²) in [6.45, 7) is 3.19. The number of nitrogens with zero attached hydrogens (tertiary/aromatic N) is 6. The number of benzene rings is 1. The van der Waals surface area contributed by atoms with Crippen LogP contribution in [0.3, 0.4) is 0 Å². The number of carbonyl (C=O) groups is 1. The van der Waals surface area contributed by atoms with Gasteiger partial charge in [-0.3, -0.25) is 14.9 Å². The minimum absolute atomic E-state index is 0.0124. The topological polar surface area (TPSA) is 97.4 Å². The van der Waals surface area contributed by atoms with Crippen LogP contribution in [0.15, 0.2) is 48.8 Å². The molecule has 0 aliphatic carbocycles. The van der Waals surface area contributed by atoms with Gasteiger partial charge >= 0.3 is 6.18 Å². The molecule has 0 N–H and O–H groups in total. The van der Waals surface area contributed by atoms with Crippen LogP contribution in [-0.2, 0) is 6.18 Å². The molecule has 12 heteroatoms. The number of hydrogen-bond acceptors (Lipinski definition) is 6. The second kappa shape index (κ2) is 8.52. The number of para-hydroxylation sites is 2. The lowest BCUT2D eigenvalue weighted by Gasteiger charge is -2.35. The fourth-order valence-electron chi connectivity index (χ4n) is 3.74. The molecule has 4 rings (SSSR count). The van der Waals surface area contributed by atoms with E-state index in [2.05, 4.69) is 10.1 Å². The summed E-state index contributed by atoms with van der Waals surface area (Å²) in [6, 6.07) is 8.57. The highest BCUT2D eigenvalue weighted by molar-refractivity contribution is 5.95. The van der Waals surface area contributed by atoms with Crippen LogP contribution >= 0.6 is 0 Å². The fourth-order valence-corrected chi connectivity index (χ4v) is 3.74. The lowest BCUT2D eigenvalue weighted by Crippen LogP contribution is -2.49. The molecule has 0 bridgehead atoms.